The van der Waals surface area contributed by atoms with Crippen LogP contribution in [0.5, 0.6) is 0 Å². The molecule has 0 unspecified atom stereocenters. The first kappa shape index (κ1) is 13.6. The Bertz CT molecular complexity index is 574. The fourth-order valence-electron chi connectivity index (χ4n) is 1.86. The first-order chi connectivity index (χ1) is 8.65. The van der Waals surface area contributed by atoms with Crippen molar-refractivity contribution in [1.29, 1.82) is 0 Å². The quantitative estimate of drug-likeness (QED) is 0.911. The molecule has 5 heteroatoms. The Balaban J connectivity index is 2.68. The minimum Gasteiger partial charge on any atom is -0.385 e. The molecule has 0 aliphatic rings. The number of benzene rings is 1. The van der Waals surface area contributed by atoms with Crippen LogP contribution in [0.2, 0.25) is 5.02 Å². The number of halogens is 2. The number of fused-ring (bicyclic) bond motifs is 1. The van der Waals surface area contributed by atoms with E-state index in [-0.39, 0.29) is 0 Å². The molecule has 0 amide bonds. The molecule has 0 aliphatic heterocycles. The predicted molar refractivity (Wildman–Crippen MR) is 79.3 cm³/mol. The monoisotopic (exact) mass is 328 g/mol. The fraction of sp³-hybridized carbons (Fsp3) is 0.308. The van der Waals surface area contributed by atoms with Gasteiger partial charge in [-0.25, -0.2) is 4.98 Å². The molecule has 0 saturated heterocycles. The minimum absolute atomic E-state index is 0.473. The van der Waals surface area contributed by atoms with Gasteiger partial charge in [-0.3, -0.25) is 0 Å². The Morgan fingerprint density at radius 2 is 2.17 bits per heavy atom. The van der Waals surface area contributed by atoms with E-state index in [4.69, 9.17) is 16.3 Å². The van der Waals surface area contributed by atoms with Gasteiger partial charge in [0.15, 0.2) is 0 Å². The van der Waals surface area contributed by atoms with Gasteiger partial charge in [0.2, 0.25) is 0 Å². The molecule has 2 aromatic rings. The average molecular weight is 330 g/mol. The molecule has 2 rings (SSSR count). The van der Waals surface area contributed by atoms with Crippen molar-refractivity contribution in [3.05, 3.63) is 33.4 Å². The predicted octanol–water partition coefficient (Wildman–Crippen LogP) is 4.23. The first-order valence-corrected chi connectivity index (χ1v) is 6.84. The van der Waals surface area contributed by atoms with Crippen LogP contribution >= 0.6 is 27.5 Å². The van der Waals surface area contributed by atoms with Crippen LogP contribution in [0.15, 0.2) is 22.7 Å². The van der Waals surface area contributed by atoms with Gasteiger partial charge in [-0.1, -0.05) is 27.5 Å². The van der Waals surface area contributed by atoms with E-state index in [2.05, 4.69) is 33.2 Å². The van der Waals surface area contributed by atoms with Gasteiger partial charge in [0.25, 0.3) is 0 Å². The van der Waals surface area contributed by atoms with Crippen LogP contribution in [0.1, 0.15) is 12.6 Å². The third-order valence-electron chi connectivity index (χ3n) is 2.54. The van der Waals surface area contributed by atoms with Crippen molar-refractivity contribution < 1.29 is 4.74 Å². The van der Waals surface area contributed by atoms with Crippen LogP contribution in [0.4, 0.5) is 5.69 Å². The maximum Gasteiger partial charge on any atom is 0.0914 e. The summed E-state index contributed by atoms with van der Waals surface area (Å²) in [6.45, 7) is 3.37. The van der Waals surface area contributed by atoms with Crippen molar-refractivity contribution in [1.82, 2.24) is 4.98 Å². The van der Waals surface area contributed by atoms with E-state index in [9.17, 15) is 0 Å². The maximum atomic E-state index is 6.25. The van der Waals surface area contributed by atoms with E-state index < -0.39 is 0 Å². The lowest BCUT2D eigenvalue weighted by atomic mass is 10.1. The molecule has 1 heterocycles. The summed E-state index contributed by atoms with van der Waals surface area (Å²) in [4.78, 5) is 4.53. The molecule has 3 nitrogen and oxygen atoms in total. The summed E-state index contributed by atoms with van der Waals surface area (Å²) in [7, 11) is 1.65. The summed E-state index contributed by atoms with van der Waals surface area (Å²) in [5, 5.41) is 4.97. The van der Waals surface area contributed by atoms with E-state index in [0.717, 1.165) is 33.3 Å². The Morgan fingerprint density at radius 1 is 1.39 bits per heavy atom. The zero-order chi connectivity index (χ0) is 13.1. The molecular weight excluding hydrogens is 316 g/mol. The Morgan fingerprint density at radius 3 is 2.83 bits per heavy atom. The summed E-state index contributed by atoms with van der Waals surface area (Å²) in [5.41, 5.74) is 2.69. The summed E-state index contributed by atoms with van der Waals surface area (Å²) < 4.78 is 6.08. The molecule has 0 bridgehead atoms. The lowest BCUT2D eigenvalue weighted by molar-refractivity contribution is 0.182. The normalized spacial score (nSPS) is 10.9. The van der Waals surface area contributed by atoms with Gasteiger partial charge in [0, 0.05) is 29.2 Å². The topological polar surface area (TPSA) is 34.1 Å². The number of pyridine rings is 1. The number of nitrogens with one attached hydrogen (secondary N) is 1. The number of rotatable bonds is 4. The maximum absolute atomic E-state index is 6.25. The zero-order valence-corrected chi connectivity index (χ0v) is 12.6. The van der Waals surface area contributed by atoms with Crippen LogP contribution in [-0.2, 0) is 11.3 Å². The van der Waals surface area contributed by atoms with Crippen molar-refractivity contribution in [3.63, 3.8) is 0 Å². The van der Waals surface area contributed by atoms with E-state index >= 15 is 0 Å². The number of hydrogen-bond donors (Lipinski definition) is 1. The molecule has 18 heavy (non-hydrogen) atoms. The highest BCUT2D eigenvalue weighted by atomic mass is 79.9. The number of anilines is 1. The number of aromatic nitrogens is 1. The molecule has 1 aromatic heterocycles. The summed E-state index contributed by atoms with van der Waals surface area (Å²) in [6.07, 6.45) is 0. The highest BCUT2D eigenvalue weighted by Crippen LogP contribution is 2.32. The number of methoxy groups -OCH3 is 1. The fourth-order valence-corrected chi connectivity index (χ4v) is 2.71. The summed E-state index contributed by atoms with van der Waals surface area (Å²) >= 11 is 9.70. The summed E-state index contributed by atoms with van der Waals surface area (Å²) in [5.74, 6) is 0. The lowest BCUT2D eigenvalue weighted by Gasteiger charge is -2.11. The van der Waals surface area contributed by atoms with Crippen LogP contribution in [-0.4, -0.2) is 18.6 Å². The molecule has 0 saturated carbocycles. The smallest absolute Gasteiger partial charge is 0.0914 e. The van der Waals surface area contributed by atoms with Crippen molar-refractivity contribution in [3.8, 4) is 0 Å². The third kappa shape index (κ3) is 2.76. The van der Waals surface area contributed by atoms with Gasteiger partial charge in [0.1, 0.15) is 0 Å². The van der Waals surface area contributed by atoms with Crippen molar-refractivity contribution in [2.45, 2.75) is 13.5 Å². The lowest BCUT2D eigenvalue weighted by Crippen LogP contribution is -2.01. The number of nitrogens with zero attached hydrogens (tertiary/aromatic N) is 1. The molecule has 1 N–H and O–H groups in total. The van der Waals surface area contributed by atoms with Crippen molar-refractivity contribution >= 4 is 44.1 Å². The Hall–Kier alpha value is -0.840. The minimum atomic E-state index is 0.473. The second kappa shape index (κ2) is 5.87. The molecule has 0 aliphatic carbocycles. The second-order valence-corrected chi connectivity index (χ2v) is 5.23. The largest absolute Gasteiger partial charge is 0.385 e. The standard InChI is InChI=1S/C13H14BrClN2O/c1-3-16-12-6-9(7-18-2)17-13-10(12)4-8(14)5-11(13)15/h4-6H,3,7H2,1-2H3,(H,16,17). The van der Waals surface area contributed by atoms with E-state index in [0.29, 0.717) is 11.6 Å². The highest BCUT2D eigenvalue weighted by molar-refractivity contribution is 9.10. The van der Waals surface area contributed by atoms with Gasteiger partial charge in [-0.2, -0.15) is 0 Å². The Kier molecular flexibility index (Phi) is 4.43. The van der Waals surface area contributed by atoms with Gasteiger partial charge in [-0.15, -0.1) is 0 Å². The SMILES string of the molecule is CCNc1cc(COC)nc2c(Cl)cc(Br)cc12. The average Bonchev–Trinajstić information content (AvgIpc) is 2.31. The van der Waals surface area contributed by atoms with Crippen LogP contribution in [0.25, 0.3) is 10.9 Å². The van der Waals surface area contributed by atoms with E-state index in [1.165, 1.54) is 0 Å². The van der Waals surface area contributed by atoms with Gasteiger partial charge in [0.05, 0.1) is 22.8 Å². The van der Waals surface area contributed by atoms with E-state index in [1.54, 1.807) is 7.11 Å². The molecule has 0 spiro atoms. The van der Waals surface area contributed by atoms with Crippen LogP contribution < -0.4 is 5.32 Å². The van der Waals surface area contributed by atoms with Gasteiger partial charge in [-0.05, 0) is 25.1 Å². The molecular formula is C13H14BrClN2O. The zero-order valence-electron chi connectivity index (χ0n) is 10.3. The summed E-state index contributed by atoms with van der Waals surface area (Å²) in [6, 6.07) is 5.87. The van der Waals surface area contributed by atoms with E-state index in [1.807, 2.05) is 18.2 Å². The van der Waals surface area contributed by atoms with Crippen molar-refractivity contribution in [2.24, 2.45) is 0 Å². The highest BCUT2D eigenvalue weighted by Gasteiger charge is 2.09. The van der Waals surface area contributed by atoms with Crippen LogP contribution in [0.3, 0.4) is 0 Å². The second-order valence-electron chi connectivity index (χ2n) is 3.91. The van der Waals surface area contributed by atoms with Gasteiger partial charge >= 0.3 is 0 Å². The van der Waals surface area contributed by atoms with Crippen LogP contribution in [0, 0.1) is 0 Å². The number of ether oxygens (including phenoxy) is 1. The molecule has 1 aromatic carbocycles. The first-order valence-electron chi connectivity index (χ1n) is 5.67. The molecule has 0 fully saturated rings. The third-order valence-corrected chi connectivity index (χ3v) is 3.29. The van der Waals surface area contributed by atoms with Crippen molar-refractivity contribution in [2.75, 3.05) is 19.0 Å². The molecule has 96 valence electrons. The molecule has 0 atom stereocenters. The van der Waals surface area contributed by atoms with Gasteiger partial charge < -0.3 is 10.1 Å². The Labute approximate surface area is 120 Å². The molecule has 0 radical (unpaired) electrons. The number of hydrogen-bond acceptors (Lipinski definition) is 3.